The number of unbranched alkanes of at least 4 members (excludes halogenated alkanes) is 13. The van der Waals surface area contributed by atoms with Gasteiger partial charge >= 0.3 is 0 Å². The third-order valence-electron chi connectivity index (χ3n) is 4.23. The first-order valence-electron chi connectivity index (χ1n) is 10.1. The minimum Gasteiger partial charge on any atom is -0.379 e. The molecule has 3 heteroatoms. The van der Waals surface area contributed by atoms with Crippen molar-refractivity contribution in [3.05, 3.63) is 0 Å². The van der Waals surface area contributed by atoms with E-state index in [1.807, 2.05) is 0 Å². The molecule has 0 aliphatic carbocycles. The van der Waals surface area contributed by atoms with Crippen LogP contribution in [0.2, 0.25) is 0 Å². The van der Waals surface area contributed by atoms with Gasteiger partial charge in [0.15, 0.2) is 6.29 Å². The molecule has 0 aliphatic heterocycles. The Kier molecular flexibility index (Phi) is 19.8. The monoisotopic (exact) mass is 330 g/mol. The summed E-state index contributed by atoms with van der Waals surface area (Å²) in [6, 6.07) is 0. The summed E-state index contributed by atoms with van der Waals surface area (Å²) in [5.41, 5.74) is 0. The van der Waals surface area contributed by atoms with Crippen LogP contribution in [0.5, 0.6) is 0 Å². The molecule has 140 valence electrons. The fourth-order valence-electron chi connectivity index (χ4n) is 2.78. The van der Waals surface area contributed by atoms with E-state index in [4.69, 9.17) is 14.6 Å². The summed E-state index contributed by atoms with van der Waals surface area (Å²) in [4.78, 5) is 0. The van der Waals surface area contributed by atoms with Gasteiger partial charge in [-0.25, -0.2) is 0 Å². The summed E-state index contributed by atoms with van der Waals surface area (Å²) in [6.45, 7) is 5.79. The van der Waals surface area contributed by atoms with Gasteiger partial charge in [-0.1, -0.05) is 90.4 Å². The predicted molar refractivity (Wildman–Crippen MR) is 98.8 cm³/mol. The Hall–Kier alpha value is -0.120. The molecule has 0 aromatic heterocycles. The first-order chi connectivity index (χ1) is 11.3. The van der Waals surface area contributed by atoms with Crippen molar-refractivity contribution in [2.45, 2.75) is 110 Å². The Morgan fingerprint density at radius 1 is 0.609 bits per heavy atom. The summed E-state index contributed by atoms with van der Waals surface area (Å²) in [7, 11) is 0. The SMILES string of the molecule is CCCCCCCCCCCCCCCCOCCOC(C)O. The van der Waals surface area contributed by atoms with Crippen molar-refractivity contribution in [3.8, 4) is 0 Å². The largest absolute Gasteiger partial charge is 0.379 e. The van der Waals surface area contributed by atoms with Crippen molar-refractivity contribution in [2.24, 2.45) is 0 Å². The van der Waals surface area contributed by atoms with Gasteiger partial charge in [-0.3, -0.25) is 0 Å². The second-order valence-electron chi connectivity index (χ2n) is 6.68. The van der Waals surface area contributed by atoms with Crippen LogP contribution in [-0.2, 0) is 9.47 Å². The molecule has 0 amide bonds. The van der Waals surface area contributed by atoms with E-state index in [0.717, 1.165) is 13.0 Å². The average molecular weight is 331 g/mol. The summed E-state index contributed by atoms with van der Waals surface area (Å²) >= 11 is 0. The molecule has 0 radical (unpaired) electrons. The number of ether oxygens (including phenoxy) is 2. The Morgan fingerprint density at radius 3 is 1.48 bits per heavy atom. The van der Waals surface area contributed by atoms with Gasteiger partial charge in [0.25, 0.3) is 0 Å². The molecular weight excluding hydrogens is 288 g/mol. The van der Waals surface area contributed by atoms with Crippen molar-refractivity contribution in [1.82, 2.24) is 0 Å². The second kappa shape index (κ2) is 19.9. The molecule has 1 N–H and O–H groups in total. The smallest absolute Gasteiger partial charge is 0.151 e. The quantitative estimate of drug-likeness (QED) is 0.239. The van der Waals surface area contributed by atoms with Crippen LogP contribution in [0.25, 0.3) is 0 Å². The minimum atomic E-state index is -0.681. The Balaban J connectivity index is 2.95. The average Bonchev–Trinajstić information content (AvgIpc) is 2.53. The highest BCUT2D eigenvalue weighted by Crippen LogP contribution is 2.12. The molecule has 0 heterocycles. The Morgan fingerprint density at radius 2 is 1.04 bits per heavy atom. The lowest BCUT2D eigenvalue weighted by atomic mass is 10.0. The second-order valence-corrected chi connectivity index (χ2v) is 6.68. The first-order valence-corrected chi connectivity index (χ1v) is 10.1. The van der Waals surface area contributed by atoms with E-state index in [1.165, 1.54) is 83.5 Å². The molecular formula is C20H42O3. The van der Waals surface area contributed by atoms with Crippen molar-refractivity contribution in [3.63, 3.8) is 0 Å². The summed E-state index contributed by atoms with van der Waals surface area (Å²) in [5.74, 6) is 0. The van der Waals surface area contributed by atoms with Crippen molar-refractivity contribution < 1.29 is 14.6 Å². The van der Waals surface area contributed by atoms with Crippen LogP contribution in [0.4, 0.5) is 0 Å². The maximum absolute atomic E-state index is 8.91. The van der Waals surface area contributed by atoms with Crippen LogP contribution >= 0.6 is 0 Å². The van der Waals surface area contributed by atoms with Crippen molar-refractivity contribution in [2.75, 3.05) is 19.8 Å². The highest BCUT2D eigenvalue weighted by atomic mass is 16.6. The lowest BCUT2D eigenvalue weighted by Gasteiger charge is -2.07. The fraction of sp³-hybridized carbons (Fsp3) is 1.00. The van der Waals surface area contributed by atoms with Crippen LogP contribution in [0.1, 0.15) is 104 Å². The van der Waals surface area contributed by atoms with E-state index in [0.29, 0.717) is 13.2 Å². The molecule has 0 aliphatic rings. The fourth-order valence-corrected chi connectivity index (χ4v) is 2.78. The third kappa shape index (κ3) is 21.9. The predicted octanol–water partition coefficient (Wildman–Crippen LogP) is 5.84. The zero-order valence-electron chi connectivity index (χ0n) is 15.9. The molecule has 0 rings (SSSR count). The van der Waals surface area contributed by atoms with E-state index in [9.17, 15) is 0 Å². The highest BCUT2D eigenvalue weighted by Gasteiger charge is 1.96. The van der Waals surface area contributed by atoms with Crippen molar-refractivity contribution >= 4 is 0 Å². The Labute approximate surface area is 145 Å². The van der Waals surface area contributed by atoms with E-state index < -0.39 is 6.29 Å². The molecule has 0 saturated heterocycles. The normalized spacial score (nSPS) is 12.7. The number of aliphatic hydroxyl groups excluding tert-OH is 1. The van der Waals surface area contributed by atoms with Gasteiger partial charge in [0.1, 0.15) is 0 Å². The van der Waals surface area contributed by atoms with Crippen LogP contribution < -0.4 is 0 Å². The summed E-state index contributed by atoms with van der Waals surface area (Å²) in [5, 5.41) is 8.91. The molecule has 23 heavy (non-hydrogen) atoms. The lowest BCUT2D eigenvalue weighted by molar-refractivity contribution is -0.0994. The molecule has 0 aromatic rings. The molecule has 1 atom stereocenters. The van der Waals surface area contributed by atoms with Gasteiger partial charge in [-0.2, -0.15) is 0 Å². The van der Waals surface area contributed by atoms with Gasteiger partial charge in [0.05, 0.1) is 13.2 Å². The van der Waals surface area contributed by atoms with Crippen LogP contribution in [0.3, 0.4) is 0 Å². The van der Waals surface area contributed by atoms with Crippen LogP contribution in [0.15, 0.2) is 0 Å². The van der Waals surface area contributed by atoms with E-state index >= 15 is 0 Å². The molecule has 0 spiro atoms. The van der Waals surface area contributed by atoms with E-state index in [2.05, 4.69) is 6.92 Å². The zero-order chi connectivity index (χ0) is 17.0. The standard InChI is InChI=1S/C20H42O3/c1-3-4-5-6-7-8-9-10-11-12-13-14-15-16-17-22-18-19-23-20(2)21/h20-21H,3-19H2,1-2H3. The van der Waals surface area contributed by atoms with Crippen molar-refractivity contribution in [1.29, 1.82) is 0 Å². The van der Waals surface area contributed by atoms with Crippen LogP contribution in [0, 0.1) is 0 Å². The lowest BCUT2D eigenvalue weighted by Crippen LogP contribution is -2.12. The number of hydrogen-bond donors (Lipinski definition) is 1. The minimum absolute atomic E-state index is 0.482. The third-order valence-corrected chi connectivity index (χ3v) is 4.23. The number of aliphatic hydroxyl groups is 1. The van der Waals surface area contributed by atoms with Crippen LogP contribution in [-0.4, -0.2) is 31.2 Å². The molecule has 0 aromatic carbocycles. The van der Waals surface area contributed by atoms with Gasteiger partial charge in [0, 0.05) is 6.61 Å². The van der Waals surface area contributed by atoms with Gasteiger partial charge in [-0.15, -0.1) is 0 Å². The summed E-state index contributed by atoms with van der Waals surface area (Å²) < 4.78 is 10.5. The molecule has 0 saturated carbocycles. The molecule has 0 bridgehead atoms. The molecule has 0 fully saturated rings. The maximum Gasteiger partial charge on any atom is 0.151 e. The van der Waals surface area contributed by atoms with E-state index in [-0.39, 0.29) is 0 Å². The first kappa shape index (κ1) is 22.9. The Bertz CT molecular complexity index is 207. The van der Waals surface area contributed by atoms with E-state index in [1.54, 1.807) is 6.92 Å². The number of hydrogen-bond acceptors (Lipinski definition) is 3. The molecule has 3 nitrogen and oxygen atoms in total. The molecule has 1 unspecified atom stereocenters. The van der Waals surface area contributed by atoms with Gasteiger partial charge < -0.3 is 14.6 Å². The van der Waals surface area contributed by atoms with Gasteiger partial charge in [-0.05, 0) is 13.3 Å². The maximum atomic E-state index is 8.91. The zero-order valence-corrected chi connectivity index (χ0v) is 15.9. The highest BCUT2D eigenvalue weighted by molar-refractivity contribution is 4.49. The summed E-state index contributed by atoms with van der Waals surface area (Å²) in [6.07, 6.45) is 18.7. The van der Waals surface area contributed by atoms with Gasteiger partial charge in [0.2, 0.25) is 0 Å². The number of rotatable bonds is 19. The topological polar surface area (TPSA) is 38.7 Å².